The first kappa shape index (κ1) is 16.0. The van der Waals surface area contributed by atoms with Crippen molar-refractivity contribution in [2.75, 3.05) is 0 Å². The van der Waals surface area contributed by atoms with Crippen LogP contribution >= 0.6 is 0 Å². The zero-order valence-corrected chi connectivity index (χ0v) is 12.7. The molecule has 0 saturated heterocycles. The van der Waals surface area contributed by atoms with Crippen LogP contribution in [0.15, 0.2) is 30.3 Å². The predicted octanol–water partition coefficient (Wildman–Crippen LogP) is 3.05. The summed E-state index contributed by atoms with van der Waals surface area (Å²) in [5, 5.41) is 9.64. The number of ether oxygens (including phenoxy) is 1. The molecule has 2 N–H and O–H groups in total. The lowest BCUT2D eigenvalue weighted by molar-refractivity contribution is 0.0929. The smallest absolute Gasteiger partial charge is 0.271 e. The quantitative estimate of drug-likeness (QED) is 0.826. The van der Waals surface area contributed by atoms with E-state index in [1.165, 1.54) is 12.1 Å². The molecule has 0 spiro atoms. The maximum Gasteiger partial charge on any atom is 0.271 e. The zero-order chi connectivity index (χ0) is 15.9. The van der Waals surface area contributed by atoms with E-state index in [-0.39, 0.29) is 24.4 Å². The van der Waals surface area contributed by atoms with Crippen molar-refractivity contribution in [3.8, 4) is 5.75 Å². The maximum atomic E-state index is 13.0. The van der Waals surface area contributed by atoms with Crippen LogP contribution < -0.4 is 10.1 Å². The van der Waals surface area contributed by atoms with Crippen molar-refractivity contribution < 1.29 is 13.9 Å². The van der Waals surface area contributed by atoms with Gasteiger partial charge in [0.15, 0.2) is 0 Å². The van der Waals surface area contributed by atoms with Gasteiger partial charge < -0.3 is 10.1 Å². The number of nitrogens with zero attached hydrogens (tertiary/aromatic N) is 1. The Morgan fingerprint density at radius 2 is 2.14 bits per heavy atom. The summed E-state index contributed by atoms with van der Waals surface area (Å²) in [6.45, 7) is 4.24. The van der Waals surface area contributed by atoms with Gasteiger partial charge in [-0.05, 0) is 31.0 Å². The number of hydrogen-bond acceptors (Lipinski definition) is 3. The summed E-state index contributed by atoms with van der Waals surface area (Å²) in [7, 11) is 0. The summed E-state index contributed by atoms with van der Waals surface area (Å²) in [4.78, 5) is 12.0. The fourth-order valence-corrected chi connectivity index (χ4v) is 2.02. The van der Waals surface area contributed by atoms with E-state index in [0.717, 1.165) is 12.8 Å². The van der Waals surface area contributed by atoms with E-state index in [0.29, 0.717) is 17.1 Å². The molecule has 0 bridgehead atoms. The highest BCUT2D eigenvalue weighted by molar-refractivity contribution is 5.92. The topological polar surface area (TPSA) is 67.0 Å². The van der Waals surface area contributed by atoms with Crippen molar-refractivity contribution in [2.24, 2.45) is 0 Å². The van der Waals surface area contributed by atoms with Crippen LogP contribution in [0.5, 0.6) is 5.75 Å². The Labute approximate surface area is 128 Å². The Balaban J connectivity index is 1.92. The average molecular weight is 305 g/mol. The Hall–Kier alpha value is -2.37. The van der Waals surface area contributed by atoms with Gasteiger partial charge in [0.1, 0.15) is 23.9 Å². The molecule has 0 aliphatic rings. The van der Waals surface area contributed by atoms with E-state index in [2.05, 4.69) is 15.5 Å². The fraction of sp³-hybridized carbons (Fsp3) is 0.375. The molecule has 22 heavy (non-hydrogen) atoms. The first-order chi connectivity index (χ1) is 10.6. The third kappa shape index (κ3) is 4.31. The van der Waals surface area contributed by atoms with Gasteiger partial charge in [-0.25, -0.2) is 4.39 Å². The van der Waals surface area contributed by atoms with Crippen LogP contribution in [0.2, 0.25) is 0 Å². The third-order valence-electron chi connectivity index (χ3n) is 3.37. The van der Waals surface area contributed by atoms with Gasteiger partial charge in [-0.1, -0.05) is 19.9 Å². The molecule has 5 nitrogen and oxygen atoms in total. The highest BCUT2D eigenvalue weighted by Crippen LogP contribution is 2.14. The second-order valence-electron chi connectivity index (χ2n) is 5.01. The monoisotopic (exact) mass is 305 g/mol. The predicted molar refractivity (Wildman–Crippen MR) is 81.2 cm³/mol. The summed E-state index contributed by atoms with van der Waals surface area (Å²) in [5.41, 5.74) is 0.976. The summed E-state index contributed by atoms with van der Waals surface area (Å²) in [6.07, 6.45) is 1.75. The highest BCUT2D eigenvalue weighted by Gasteiger charge is 2.14. The molecule has 0 unspecified atom stereocenters. The van der Waals surface area contributed by atoms with Crippen molar-refractivity contribution in [3.63, 3.8) is 0 Å². The lowest BCUT2D eigenvalue weighted by Crippen LogP contribution is -2.34. The number of rotatable bonds is 7. The van der Waals surface area contributed by atoms with E-state index in [4.69, 9.17) is 4.74 Å². The Morgan fingerprint density at radius 1 is 1.36 bits per heavy atom. The molecule has 1 aromatic carbocycles. The first-order valence-corrected chi connectivity index (χ1v) is 7.35. The largest absolute Gasteiger partial charge is 0.487 e. The van der Waals surface area contributed by atoms with Crippen LogP contribution in [0.1, 0.15) is 42.9 Å². The van der Waals surface area contributed by atoms with Gasteiger partial charge in [0.25, 0.3) is 5.91 Å². The van der Waals surface area contributed by atoms with E-state index in [1.54, 1.807) is 18.2 Å². The number of H-pyrrole nitrogens is 1. The van der Waals surface area contributed by atoms with Crippen LogP contribution in [0.3, 0.4) is 0 Å². The first-order valence-electron chi connectivity index (χ1n) is 7.35. The third-order valence-corrected chi connectivity index (χ3v) is 3.37. The van der Waals surface area contributed by atoms with E-state index in [9.17, 15) is 9.18 Å². The lowest BCUT2D eigenvalue weighted by Gasteiger charge is -2.13. The van der Waals surface area contributed by atoms with Crippen molar-refractivity contribution in [3.05, 3.63) is 47.5 Å². The van der Waals surface area contributed by atoms with Gasteiger partial charge in [-0.15, -0.1) is 0 Å². The standard InChI is InChI=1S/C16H20FN3O2/c1-3-12(4-2)18-16(21)15-9-13(19-20-15)10-22-14-7-5-6-11(17)8-14/h5-9,12H,3-4,10H2,1-2H3,(H,18,21)(H,19,20). The number of amides is 1. The van der Waals surface area contributed by atoms with Gasteiger partial charge in [-0.2, -0.15) is 5.10 Å². The van der Waals surface area contributed by atoms with Crippen LogP contribution in [-0.4, -0.2) is 22.1 Å². The molecule has 2 aromatic rings. The number of carbonyl (C=O) groups excluding carboxylic acids is 1. The minimum absolute atomic E-state index is 0.149. The van der Waals surface area contributed by atoms with Crippen molar-refractivity contribution in [1.29, 1.82) is 0 Å². The average Bonchev–Trinajstić information content (AvgIpc) is 2.99. The van der Waals surface area contributed by atoms with Crippen LogP contribution in [0.25, 0.3) is 0 Å². The Morgan fingerprint density at radius 3 is 2.82 bits per heavy atom. The van der Waals surface area contributed by atoms with E-state index >= 15 is 0 Å². The molecule has 6 heteroatoms. The number of benzene rings is 1. The van der Waals surface area contributed by atoms with Crippen molar-refractivity contribution >= 4 is 5.91 Å². The van der Waals surface area contributed by atoms with Crippen LogP contribution in [0, 0.1) is 5.82 Å². The molecule has 0 radical (unpaired) electrons. The summed E-state index contributed by atoms with van der Waals surface area (Å²) in [5.74, 6) is -0.132. The molecule has 0 saturated carbocycles. The molecule has 2 rings (SSSR count). The van der Waals surface area contributed by atoms with Gasteiger partial charge in [0, 0.05) is 12.1 Å². The van der Waals surface area contributed by atoms with Crippen LogP contribution in [-0.2, 0) is 6.61 Å². The number of nitrogens with one attached hydrogen (secondary N) is 2. The molecule has 0 atom stereocenters. The van der Waals surface area contributed by atoms with E-state index in [1.807, 2.05) is 13.8 Å². The van der Waals surface area contributed by atoms with E-state index < -0.39 is 0 Å². The second kappa shape index (κ2) is 7.59. The molecule has 0 aliphatic carbocycles. The Bertz CT molecular complexity index is 623. The number of aromatic amines is 1. The molecule has 1 aromatic heterocycles. The number of carbonyl (C=O) groups is 1. The van der Waals surface area contributed by atoms with Crippen molar-refractivity contribution in [2.45, 2.75) is 39.3 Å². The number of aromatic nitrogens is 2. The minimum atomic E-state index is -0.354. The molecule has 0 fully saturated rings. The van der Waals surface area contributed by atoms with Crippen LogP contribution in [0.4, 0.5) is 4.39 Å². The highest BCUT2D eigenvalue weighted by atomic mass is 19.1. The fourth-order valence-electron chi connectivity index (χ4n) is 2.02. The van der Waals surface area contributed by atoms with Crippen molar-refractivity contribution in [1.82, 2.24) is 15.5 Å². The Kier molecular flexibility index (Phi) is 5.52. The molecular formula is C16H20FN3O2. The molecule has 1 heterocycles. The molecular weight excluding hydrogens is 285 g/mol. The second-order valence-corrected chi connectivity index (χ2v) is 5.01. The normalized spacial score (nSPS) is 10.7. The van der Waals surface area contributed by atoms with Gasteiger partial charge in [0.05, 0.1) is 5.69 Å². The SMILES string of the molecule is CCC(CC)NC(=O)c1cc(COc2cccc(F)c2)[nH]n1. The molecule has 0 aliphatic heterocycles. The molecule has 118 valence electrons. The lowest BCUT2D eigenvalue weighted by atomic mass is 10.1. The van der Waals surface area contributed by atoms with Gasteiger partial charge in [0.2, 0.25) is 0 Å². The summed E-state index contributed by atoms with van der Waals surface area (Å²) >= 11 is 0. The molecule has 1 amide bonds. The summed E-state index contributed by atoms with van der Waals surface area (Å²) < 4.78 is 18.5. The zero-order valence-electron chi connectivity index (χ0n) is 12.7. The maximum absolute atomic E-state index is 13.0. The number of halogens is 1. The number of hydrogen-bond donors (Lipinski definition) is 2. The summed E-state index contributed by atoms with van der Waals surface area (Å²) in [6, 6.07) is 7.68. The minimum Gasteiger partial charge on any atom is -0.487 e. The van der Waals surface area contributed by atoms with Gasteiger partial charge in [-0.3, -0.25) is 9.89 Å². The van der Waals surface area contributed by atoms with Gasteiger partial charge >= 0.3 is 0 Å².